The minimum atomic E-state index is 0.688. The molecule has 0 heterocycles. The summed E-state index contributed by atoms with van der Waals surface area (Å²) >= 11 is 6.29. The molecule has 0 aliphatic rings. The standard InChI is InChI=1S/C16H16ClNO/c1-11(18-2)15-9-6-13(10-16(15)17)12-4-7-14(19-3)8-5-12/h4-10,18H,1H2,2-3H3. The summed E-state index contributed by atoms with van der Waals surface area (Å²) in [5, 5.41) is 3.69. The number of hydrogen-bond acceptors (Lipinski definition) is 2. The van der Waals surface area contributed by atoms with E-state index in [9.17, 15) is 0 Å². The number of ether oxygens (including phenoxy) is 1. The first-order valence-electron chi connectivity index (χ1n) is 5.96. The van der Waals surface area contributed by atoms with E-state index in [-0.39, 0.29) is 0 Å². The Labute approximate surface area is 118 Å². The van der Waals surface area contributed by atoms with Crippen LogP contribution in [0.2, 0.25) is 5.02 Å². The topological polar surface area (TPSA) is 21.3 Å². The zero-order valence-corrected chi connectivity index (χ0v) is 11.8. The van der Waals surface area contributed by atoms with Gasteiger partial charge in [0.1, 0.15) is 5.75 Å². The summed E-state index contributed by atoms with van der Waals surface area (Å²) < 4.78 is 5.15. The van der Waals surface area contributed by atoms with Crippen molar-refractivity contribution in [2.45, 2.75) is 0 Å². The van der Waals surface area contributed by atoms with Gasteiger partial charge in [-0.2, -0.15) is 0 Å². The fourth-order valence-electron chi connectivity index (χ4n) is 1.86. The van der Waals surface area contributed by atoms with Crippen LogP contribution in [-0.4, -0.2) is 14.2 Å². The van der Waals surface area contributed by atoms with Crippen LogP contribution < -0.4 is 10.1 Å². The zero-order chi connectivity index (χ0) is 13.8. The predicted octanol–water partition coefficient (Wildman–Crippen LogP) is 4.21. The van der Waals surface area contributed by atoms with Gasteiger partial charge >= 0.3 is 0 Å². The van der Waals surface area contributed by atoms with Crippen molar-refractivity contribution in [1.82, 2.24) is 5.32 Å². The van der Waals surface area contributed by atoms with Crippen LogP contribution in [0.25, 0.3) is 16.8 Å². The molecule has 0 aromatic heterocycles. The van der Waals surface area contributed by atoms with E-state index in [1.165, 1.54) is 0 Å². The molecule has 0 aliphatic heterocycles. The van der Waals surface area contributed by atoms with Crippen molar-refractivity contribution in [1.29, 1.82) is 0 Å². The van der Waals surface area contributed by atoms with Gasteiger partial charge in [-0.25, -0.2) is 0 Å². The van der Waals surface area contributed by atoms with Gasteiger partial charge in [0.2, 0.25) is 0 Å². The normalized spacial score (nSPS) is 10.1. The molecule has 0 bridgehead atoms. The number of rotatable bonds is 4. The highest BCUT2D eigenvalue weighted by Gasteiger charge is 2.06. The molecule has 0 radical (unpaired) electrons. The van der Waals surface area contributed by atoms with Crippen molar-refractivity contribution < 1.29 is 4.74 Å². The Morgan fingerprint density at radius 2 is 1.74 bits per heavy atom. The fraction of sp³-hybridized carbons (Fsp3) is 0.125. The molecule has 0 spiro atoms. The van der Waals surface area contributed by atoms with Crippen molar-refractivity contribution in [3.05, 3.63) is 59.6 Å². The van der Waals surface area contributed by atoms with Crippen LogP contribution in [0.3, 0.4) is 0 Å². The molecular weight excluding hydrogens is 258 g/mol. The highest BCUT2D eigenvalue weighted by Crippen LogP contribution is 2.29. The summed E-state index contributed by atoms with van der Waals surface area (Å²) in [6.45, 7) is 3.92. The Kier molecular flexibility index (Phi) is 4.13. The lowest BCUT2D eigenvalue weighted by molar-refractivity contribution is 0.415. The third kappa shape index (κ3) is 2.91. The van der Waals surface area contributed by atoms with Gasteiger partial charge < -0.3 is 10.1 Å². The number of halogens is 1. The van der Waals surface area contributed by atoms with Crippen LogP contribution in [0.5, 0.6) is 5.75 Å². The first-order valence-corrected chi connectivity index (χ1v) is 6.34. The minimum absolute atomic E-state index is 0.688. The van der Waals surface area contributed by atoms with Crippen LogP contribution >= 0.6 is 11.6 Å². The van der Waals surface area contributed by atoms with Gasteiger partial charge in [-0.1, -0.05) is 42.4 Å². The zero-order valence-electron chi connectivity index (χ0n) is 11.0. The maximum Gasteiger partial charge on any atom is 0.118 e. The molecule has 2 rings (SSSR count). The molecule has 2 nitrogen and oxygen atoms in total. The van der Waals surface area contributed by atoms with Crippen molar-refractivity contribution in [2.24, 2.45) is 0 Å². The molecule has 0 unspecified atom stereocenters. The third-order valence-electron chi connectivity index (χ3n) is 3.02. The van der Waals surface area contributed by atoms with Gasteiger partial charge in [0.25, 0.3) is 0 Å². The quantitative estimate of drug-likeness (QED) is 0.901. The molecule has 0 saturated heterocycles. The van der Waals surface area contributed by atoms with Crippen molar-refractivity contribution in [3.63, 3.8) is 0 Å². The van der Waals surface area contributed by atoms with Gasteiger partial charge in [-0.05, 0) is 29.3 Å². The molecule has 2 aromatic carbocycles. The van der Waals surface area contributed by atoms with E-state index in [1.54, 1.807) is 7.11 Å². The number of nitrogens with one attached hydrogen (secondary N) is 1. The van der Waals surface area contributed by atoms with Gasteiger partial charge in [-0.3, -0.25) is 0 Å². The SMILES string of the molecule is C=C(NC)c1ccc(-c2ccc(OC)cc2)cc1Cl. The van der Waals surface area contributed by atoms with Crippen LogP contribution in [0.4, 0.5) is 0 Å². The molecule has 19 heavy (non-hydrogen) atoms. The second-order valence-corrected chi connectivity index (χ2v) is 4.56. The summed E-state index contributed by atoms with van der Waals surface area (Å²) in [7, 11) is 3.49. The molecular formula is C16H16ClNO. The van der Waals surface area contributed by atoms with E-state index >= 15 is 0 Å². The van der Waals surface area contributed by atoms with Gasteiger partial charge in [0.05, 0.1) is 12.1 Å². The molecule has 0 saturated carbocycles. The molecule has 98 valence electrons. The summed E-state index contributed by atoms with van der Waals surface area (Å²) in [6.07, 6.45) is 0. The molecule has 1 N–H and O–H groups in total. The maximum absolute atomic E-state index is 6.29. The largest absolute Gasteiger partial charge is 0.497 e. The van der Waals surface area contributed by atoms with Crippen molar-refractivity contribution in [2.75, 3.05) is 14.2 Å². The maximum atomic E-state index is 6.29. The van der Waals surface area contributed by atoms with Crippen LogP contribution in [0.1, 0.15) is 5.56 Å². The summed E-state index contributed by atoms with van der Waals surface area (Å²) in [5.74, 6) is 0.843. The van der Waals surface area contributed by atoms with E-state index in [0.29, 0.717) is 5.02 Å². The molecule has 0 fully saturated rings. The van der Waals surface area contributed by atoms with Gasteiger partial charge in [-0.15, -0.1) is 0 Å². The highest BCUT2D eigenvalue weighted by atomic mass is 35.5. The summed E-state index contributed by atoms with van der Waals surface area (Å²) in [5.41, 5.74) is 3.90. The van der Waals surface area contributed by atoms with E-state index < -0.39 is 0 Å². The Morgan fingerprint density at radius 3 is 2.26 bits per heavy atom. The molecule has 2 aromatic rings. The smallest absolute Gasteiger partial charge is 0.118 e. The number of hydrogen-bond donors (Lipinski definition) is 1. The van der Waals surface area contributed by atoms with E-state index in [1.807, 2.05) is 49.5 Å². The average Bonchev–Trinajstić information content (AvgIpc) is 2.46. The lowest BCUT2D eigenvalue weighted by atomic mass is 10.0. The number of methoxy groups -OCH3 is 1. The lowest BCUT2D eigenvalue weighted by Crippen LogP contribution is -2.03. The minimum Gasteiger partial charge on any atom is -0.497 e. The van der Waals surface area contributed by atoms with Gasteiger partial charge in [0, 0.05) is 18.3 Å². The van der Waals surface area contributed by atoms with Crippen LogP contribution in [0, 0.1) is 0 Å². The first kappa shape index (κ1) is 13.5. The van der Waals surface area contributed by atoms with E-state index in [0.717, 1.165) is 28.1 Å². The first-order chi connectivity index (χ1) is 9.15. The predicted molar refractivity (Wildman–Crippen MR) is 81.5 cm³/mol. The Hall–Kier alpha value is -1.93. The Bertz CT molecular complexity index is 590. The van der Waals surface area contributed by atoms with E-state index in [4.69, 9.17) is 16.3 Å². The molecule has 3 heteroatoms. The summed E-state index contributed by atoms with van der Waals surface area (Å²) in [6, 6.07) is 13.8. The van der Waals surface area contributed by atoms with Crippen molar-refractivity contribution in [3.8, 4) is 16.9 Å². The lowest BCUT2D eigenvalue weighted by Gasteiger charge is -2.10. The average molecular weight is 274 g/mol. The second-order valence-electron chi connectivity index (χ2n) is 4.15. The molecule has 0 atom stereocenters. The van der Waals surface area contributed by atoms with E-state index in [2.05, 4.69) is 11.9 Å². The fourth-order valence-corrected chi connectivity index (χ4v) is 2.15. The van der Waals surface area contributed by atoms with Crippen molar-refractivity contribution >= 4 is 17.3 Å². The van der Waals surface area contributed by atoms with Crippen LogP contribution in [0.15, 0.2) is 49.0 Å². The Morgan fingerprint density at radius 1 is 1.11 bits per heavy atom. The van der Waals surface area contributed by atoms with Gasteiger partial charge in [0.15, 0.2) is 0 Å². The van der Waals surface area contributed by atoms with Crippen LogP contribution in [-0.2, 0) is 0 Å². The Balaban J connectivity index is 2.35. The number of benzene rings is 2. The molecule has 0 aliphatic carbocycles. The second kappa shape index (κ2) is 5.81. The third-order valence-corrected chi connectivity index (χ3v) is 3.33. The summed E-state index contributed by atoms with van der Waals surface area (Å²) in [4.78, 5) is 0. The molecule has 0 amide bonds. The highest BCUT2D eigenvalue weighted by molar-refractivity contribution is 6.32. The monoisotopic (exact) mass is 273 g/mol.